The van der Waals surface area contributed by atoms with Crippen LogP contribution in [-0.4, -0.2) is 72.3 Å². The Morgan fingerprint density at radius 3 is 2.37 bits per heavy atom. The van der Waals surface area contributed by atoms with E-state index in [0.29, 0.717) is 0 Å². The molecule has 0 aliphatic carbocycles. The first kappa shape index (κ1) is 19.3. The van der Waals surface area contributed by atoms with Gasteiger partial charge in [0, 0.05) is 51.5 Å². The highest BCUT2D eigenvalue weighted by Crippen LogP contribution is 2.28. The van der Waals surface area contributed by atoms with Crippen LogP contribution in [0, 0.1) is 13.8 Å². The van der Waals surface area contributed by atoms with Gasteiger partial charge < -0.3 is 19.5 Å². The molecule has 0 atom stereocenters. The highest BCUT2D eigenvalue weighted by molar-refractivity contribution is 5.89. The third kappa shape index (κ3) is 4.00. The van der Waals surface area contributed by atoms with Crippen LogP contribution in [0.5, 0.6) is 0 Å². The smallest absolute Gasteiger partial charge is 0.229 e. The average Bonchev–Trinajstić information content (AvgIpc) is 3.16. The molecule has 2 aromatic heterocycles. The Hall–Kier alpha value is -2.64. The zero-order chi connectivity index (χ0) is 20.5. The molecule has 2 aliphatic heterocycles. The topological polar surface area (TPSA) is 60.5 Å². The molecule has 158 valence electrons. The van der Waals surface area contributed by atoms with Gasteiger partial charge in [-0.1, -0.05) is 29.8 Å². The lowest BCUT2D eigenvalue weighted by Crippen LogP contribution is -2.46. The van der Waals surface area contributed by atoms with Gasteiger partial charge in [0.2, 0.25) is 5.95 Å². The van der Waals surface area contributed by atoms with Gasteiger partial charge in [0.1, 0.15) is 11.5 Å². The third-order valence-electron chi connectivity index (χ3n) is 6.08. The van der Waals surface area contributed by atoms with Crippen LogP contribution >= 0.6 is 0 Å². The van der Waals surface area contributed by atoms with E-state index in [4.69, 9.17) is 14.7 Å². The molecule has 5 rings (SSSR count). The lowest BCUT2D eigenvalue weighted by Gasteiger charge is -2.36. The van der Waals surface area contributed by atoms with Crippen LogP contribution in [-0.2, 0) is 11.3 Å². The second-order valence-corrected chi connectivity index (χ2v) is 8.41. The van der Waals surface area contributed by atoms with Crippen LogP contribution in [0.15, 0.2) is 30.3 Å². The van der Waals surface area contributed by atoms with Crippen LogP contribution in [0.2, 0.25) is 0 Å². The average molecular weight is 407 g/mol. The van der Waals surface area contributed by atoms with Crippen LogP contribution < -0.4 is 9.80 Å². The molecule has 0 radical (unpaired) electrons. The summed E-state index contributed by atoms with van der Waals surface area (Å²) in [4.78, 5) is 20.5. The first-order valence-corrected chi connectivity index (χ1v) is 10.9. The van der Waals surface area contributed by atoms with Crippen LogP contribution in [0.4, 0.5) is 11.8 Å². The van der Waals surface area contributed by atoms with Crippen molar-refractivity contribution < 1.29 is 4.74 Å². The second-order valence-electron chi connectivity index (χ2n) is 8.41. The summed E-state index contributed by atoms with van der Waals surface area (Å²) in [5, 5.41) is 1.12. The van der Waals surface area contributed by atoms with Crippen molar-refractivity contribution >= 4 is 22.8 Å². The number of piperazine rings is 1. The number of rotatable bonds is 4. The van der Waals surface area contributed by atoms with Gasteiger partial charge >= 0.3 is 0 Å². The molecular weight excluding hydrogens is 376 g/mol. The molecule has 4 heterocycles. The largest absolute Gasteiger partial charge is 0.378 e. The summed E-state index contributed by atoms with van der Waals surface area (Å²) in [5.74, 6) is 1.87. The van der Waals surface area contributed by atoms with Gasteiger partial charge in [-0.05, 0) is 25.5 Å². The fraction of sp³-hybridized carbons (Fsp3) is 0.478. The molecule has 2 aliphatic rings. The van der Waals surface area contributed by atoms with Crippen molar-refractivity contribution in [2.45, 2.75) is 20.4 Å². The minimum absolute atomic E-state index is 0.734. The maximum atomic E-state index is 5.51. The summed E-state index contributed by atoms with van der Waals surface area (Å²) in [6.45, 7) is 12.4. The number of morpholine rings is 1. The van der Waals surface area contributed by atoms with Crippen molar-refractivity contribution in [3.8, 4) is 0 Å². The summed E-state index contributed by atoms with van der Waals surface area (Å²) < 4.78 is 5.51. The van der Waals surface area contributed by atoms with Gasteiger partial charge in [-0.25, -0.2) is 0 Å². The van der Waals surface area contributed by atoms with Gasteiger partial charge in [-0.15, -0.1) is 0 Å². The molecule has 2 saturated heterocycles. The molecule has 0 unspecified atom stereocenters. The van der Waals surface area contributed by atoms with E-state index in [9.17, 15) is 0 Å². The Labute approximate surface area is 177 Å². The predicted octanol–water partition coefficient (Wildman–Crippen LogP) is 2.73. The summed E-state index contributed by atoms with van der Waals surface area (Å²) >= 11 is 0. The lowest BCUT2D eigenvalue weighted by atomic mass is 10.1. The molecule has 30 heavy (non-hydrogen) atoms. The number of H-pyrrole nitrogens is 1. The number of aryl methyl sites for hydroxylation is 2. The highest BCUT2D eigenvalue weighted by Gasteiger charge is 2.23. The van der Waals surface area contributed by atoms with E-state index in [2.05, 4.69) is 63.9 Å². The molecule has 2 fully saturated rings. The highest BCUT2D eigenvalue weighted by atomic mass is 16.5. The predicted molar refractivity (Wildman–Crippen MR) is 120 cm³/mol. The van der Waals surface area contributed by atoms with Crippen LogP contribution in [0.3, 0.4) is 0 Å². The summed E-state index contributed by atoms with van der Waals surface area (Å²) in [6.07, 6.45) is 0. The van der Waals surface area contributed by atoms with E-state index >= 15 is 0 Å². The minimum Gasteiger partial charge on any atom is -0.378 e. The van der Waals surface area contributed by atoms with Gasteiger partial charge in [0.25, 0.3) is 0 Å². The molecule has 3 aromatic rings. The van der Waals surface area contributed by atoms with Gasteiger partial charge in [0.15, 0.2) is 0 Å². The Morgan fingerprint density at radius 2 is 1.63 bits per heavy atom. The van der Waals surface area contributed by atoms with Crippen LogP contribution in [0.1, 0.15) is 16.8 Å². The monoisotopic (exact) mass is 406 g/mol. The van der Waals surface area contributed by atoms with Crippen molar-refractivity contribution in [3.05, 3.63) is 47.2 Å². The number of nitrogens with zero attached hydrogens (tertiary/aromatic N) is 5. The zero-order valence-corrected chi connectivity index (χ0v) is 17.9. The first-order chi connectivity index (χ1) is 14.7. The summed E-state index contributed by atoms with van der Waals surface area (Å²) in [7, 11) is 0. The standard InChI is InChI=1S/C23H30N6O/c1-17-3-5-19(6-4-17)16-27-7-9-28(10-8-27)22-20-15-18(2)24-21(20)25-23(26-22)29-11-13-30-14-12-29/h3-6,15H,7-14,16H2,1-2H3,(H,24,25,26). The molecule has 0 amide bonds. The number of benzene rings is 1. The number of hydrogen-bond acceptors (Lipinski definition) is 6. The number of ether oxygens (including phenoxy) is 1. The SMILES string of the molecule is Cc1ccc(CN2CCN(c3nc(N4CCOCC4)nc4[nH]c(C)cc34)CC2)cc1. The Kier molecular flexibility index (Phi) is 5.31. The number of fused-ring (bicyclic) bond motifs is 1. The molecule has 7 heteroatoms. The van der Waals surface area contributed by atoms with Crippen molar-refractivity contribution in [1.82, 2.24) is 19.9 Å². The Balaban J connectivity index is 1.34. The molecule has 1 N–H and O–H groups in total. The minimum atomic E-state index is 0.734. The zero-order valence-electron chi connectivity index (χ0n) is 17.9. The number of aromatic nitrogens is 3. The van der Waals surface area contributed by atoms with Crippen LogP contribution in [0.25, 0.3) is 11.0 Å². The molecule has 0 spiro atoms. The van der Waals surface area contributed by atoms with E-state index in [1.807, 2.05) is 0 Å². The van der Waals surface area contributed by atoms with Gasteiger partial charge in [-0.3, -0.25) is 4.90 Å². The maximum Gasteiger partial charge on any atom is 0.229 e. The van der Waals surface area contributed by atoms with E-state index < -0.39 is 0 Å². The quantitative estimate of drug-likeness (QED) is 0.719. The third-order valence-corrected chi connectivity index (χ3v) is 6.08. The first-order valence-electron chi connectivity index (χ1n) is 10.9. The molecule has 0 bridgehead atoms. The number of anilines is 2. The maximum absolute atomic E-state index is 5.51. The fourth-order valence-electron chi connectivity index (χ4n) is 4.33. The summed E-state index contributed by atoms with van der Waals surface area (Å²) in [5.41, 5.74) is 4.75. The summed E-state index contributed by atoms with van der Waals surface area (Å²) in [6, 6.07) is 11.1. The van der Waals surface area contributed by atoms with Gasteiger partial charge in [-0.2, -0.15) is 9.97 Å². The van der Waals surface area contributed by atoms with Crippen molar-refractivity contribution in [1.29, 1.82) is 0 Å². The second kappa shape index (κ2) is 8.24. The molecular formula is C23H30N6O. The number of hydrogen-bond donors (Lipinski definition) is 1. The van der Waals surface area contributed by atoms with Crippen molar-refractivity contribution in [3.63, 3.8) is 0 Å². The Morgan fingerprint density at radius 1 is 0.900 bits per heavy atom. The van der Waals surface area contributed by atoms with Gasteiger partial charge in [0.05, 0.1) is 18.6 Å². The van der Waals surface area contributed by atoms with E-state index in [1.165, 1.54) is 11.1 Å². The fourth-order valence-corrected chi connectivity index (χ4v) is 4.33. The molecule has 7 nitrogen and oxygen atoms in total. The number of aromatic amines is 1. The van der Waals surface area contributed by atoms with E-state index in [-0.39, 0.29) is 0 Å². The molecule has 1 aromatic carbocycles. The molecule has 0 saturated carbocycles. The van der Waals surface area contributed by atoms with Crippen molar-refractivity contribution in [2.24, 2.45) is 0 Å². The van der Waals surface area contributed by atoms with E-state index in [0.717, 1.165) is 87.5 Å². The van der Waals surface area contributed by atoms with Crippen molar-refractivity contribution in [2.75, 3.05) is 62.3 Å². The van der Waals surface area contributed by atoms with E-state index in [1.54, 1.807) is 0 Å². The number of nitrogens with one attached hydrogen (secondary N) is 1. The normalized spacial score (nSPS) is 18.3. The lowest BCUT2D eigenvalue weighted by molar-refractivity contribution is 0.122. The Bertz CT molecular complexity index is 1000.